The molecule has 0 saturated carbocycles. The number of anilines is 1. The topological polar surface area (TPSA) is 66.4 Å². The minimum atomic E-state index is 0.0656. The van der Waals surface area contributed by atoms with E-state index >= 15 is 0 Å². The average molecular weight is 421 g/mol. The molecule has 2 aliphatic rings. The zero-order valence-electron chi connectivity index (χ0n) is 18.9. The van der Waals surface area contributed by atoms with Crippen LogP contribution in [0.4, 0.5) is 5.82 Å². The van der Waals surface area contributed by atoms with Crippen LogP contribution in [0.3, 0.4) is 0 Å². The molecule has 4 rings (SSSR count). The van der Waals surface area contributed by atoms with Crippen molar-refractivity contribution in [2.45, 2.75) is 58.8 Å². The molecular weight excluding hydrogens is 388 g/mol. The highest BCUT2D eigenvalue weighted by Gasteiger charge is 2.23. The number of fused-ring (bicyclic) bond motifs is 1. The number of carbonyl (C=O) groups excluding carboxylic acids is 2. The minimum absolute atomic E-state index is 0.0656. The number of rotatable bonds is 6. The Bertz CT molecular complexity index is 977. The fraction of sp³-hybridized carbons (Fsp3) is 0.520. The van der Waals surface area contributed by atoms with Crippen molar-refractivity contribution in [1.29, 1.82) is 0 Å². The molecule has 1 saturated heterocycles. The Morgan fingerprint density at radius 1 is 0.968 bits per heavy atom. The SMILES string of the molecule is Cc1cc(N2CCN(C(=O)CCC(=O)c3ccc4c(c3)CCC4)CC2)nc(C(C)C)n1. The van der Waals surface area contributed by atoms with Crippen LogP contribution in [0.5, 0.6) is 0 Å². The highest BCUT2D eigenvalue weighted by molar-refractivity contribution is 5.98. The summed E-state index contributed by atoms with van der Waals surface area (Å²) in [6.45, 7) is 9.00. The van der Waals surface area contributed by atoms with Gasteiger partial charge in [0, 0.05) is 62.3 Å². The standard InChI is InChI=1S/C25H32N4O2/c1-17(2)25-26-18(3)15-23(27-25)28-11-13-29(14-12-28)24(31)10-9-22(30)21-8-7-19-5-4-6-20(19)16-21/h7-8,15-17H,4-6,9-14H2,1-3H3. The third kappa shape index (κ3) is 4.94. The van der Waals surface area contributed by atoms with E-state index in [1.165, 1.54) is 17.5 Å². The average Bonchev–Trinajstić information content (AvgIpc) is 3.24. The summed E-state index contributed by atoms with van der Waals surface area (Å²) in [5.74, 6) is 2.22. The maximum absolute atomic E-state index is 12.7. The molecule has 6 nitrogen and oxygen atoms in total. The van der Waals surface area contributed by atoms with Gasteiger partial charge in [-0.3, -0.25) is 9.59 Å². The van der Waals surface area contributed by atoms with Gasteiger partial charge in [-0.05, 0) is 43.4 Å². The van der Waals surface area contributed by atoms with Crippen molar-refractivity contribution >= 4 is 17.5 Å². The van der Waals surface area contributed by atoms with Gasteiger partial charge >= 0.3 is 0 Å². The zero-order chi connectivity index (χ0) is 22.0. The molecule has 2 aromatic rings. The quantitative estimate of drug-likeness (QED) is 0.667. The summed E-state index contributed by atoms with van der Waals surface area (Å²) in [6.07, 6.45) is 3.90. The highest BCUT2D eigenvalue weighted by Crippen LogP contribution is 2.24. The van der Waals surface area contributed by atoms with Crippen LogP contribution >= 0.6 is 0 Å². The van der Waals surface area contributed by atoms with E-state index in [4.69, 9.17) is 4.98 Å². The Morgan fingerprint density at radius 2 is 1.71 bits per heavy atom. The molecule has 6 heteroatoms. The number of carbonyl (C=O) groups is 2. The van der Waals surface area contributed by atoms with Crippen LogP contribution in [-0.4, -0.2) is 52.7 Å². The number of aryl methyl sites for hydroxylation is 3. The molecule has 0 unspecified atom stereocenters. The second-order valence-electron chi connectivity index (χ2n) is 9.01. The van der Waals surface area contributed by atoms with Crippen LogP contribution in [0.2, 0.25) is 0 Å². The maximum atomic E-state index is 12.7. The fourth-order valence-corrected chi connectivity index (χ4v) is 4.45. The molecule has 1 aromatic carbocycles. The molecule has 0 radical (unpaired) electrons. The third-order valence-electron chi connectivity index (χ3n) is 6.32. The number of nitrogens with zero attached hydrogens (tertiary/aromatic N) is 4. The van der Waals surface area contributed by atoms with Crippen LogP contribution in [0, 0.1) is 6.92 Å². The van der Waals surface area contributed by atoms with Crippen LogP contribution < -0.4 is 4.90 Å². The summed E-state index contributed by atoms with van der Waals surface area (Å²) in [5.41, 5.74) is 4.38. The smallest absolute Gasteiger partial charge is 0.223 e. The first kappa shape index (κ1) is 21.5. The summed E-state index contributed by atoms with van der Waals surface area (Å²) >= 11 is 0. The summed E-state index contributed by atoms with van der Waals surface area (Å²) < 4.78 is 0. The lowest BCUT2D eigenvalue weighted by molar-refractivity contribution is -0.131. The number of hydrogen-bond acceptors (Lipinski definition) is 5. The van der Waals surface area contributed by atoms with E-state index in [1.54, 1.807) is 0 Å². The van der Waals surface area contributed by atoms with Gasteiger partial charge in [0.25, 0.3) is 0 Å². The normalized spacial score (nSPS) is 16.0. The Balaban J connectivity index is 1.29. The Kier molecular flexibility index (Phi) is 6.35. The molecule has 0 N–H and O–H groups in total. The number of piperazine rings is 1. The van der Waals surface area contributed by atoms with Gasteiger partial charge in [0.1, 0.15) is 11.6 Å². The predicted octanol–water partition coefficient (Wildman–Crippen LogP) is 3.71. The summed E-state index contributed by atoms with van der Waals surface area (Å²) in [4.78, 5) is 38.6. The van der Waals surface area contributed by atoms with Gasteiger partial charge in [-0.1, -0.05) is 26.0 Å². The van der Waals surface area contributed by atoms with Crippen molar-refractivity contribution in [3.05, 3.63) is 52.5 Å². The molecule has 2 heterocycles. The third-order valence-corrected chi connectivity index (χ3v) is 6.32. The van der Waals surface area contributed by atoms with E-state index in [9.17, 15) is 9.59 Å². The number of amides is 1. The number of Topliss-reactive ketones (excluding diaryl/α,β-unsaturated/α-hetero) is 1. The van der Waals surface area contributed by atoms with Crippen molar-refractivity contribution < 1.29 is 9.59 Å². The first-order valence-corrected chi connectivity index (χ1v) is 11.4. The van der Waals surface area contributed by atoms with Gasteiger partial charge < -0.3 is 9.80 Å². The van der Waals surface area contributed by atoms with Crippen molar-refractivity contribution in [3.8, 4) is 0 Å². The lowest BCUT2D eigenvalue weighted by Crippen LogP contribution is -2.49. The predicted molar refractivity (Wildman–Crippen MR) is 122 cm³/mol. The van der Waals surface area contributed by atoms with Gasteiger partial charge in [-0.15, -0.1) is 0 Å². The maximum Gasteiger partial charge on any atom is 0.223 e. The molecule has 1 aliphatic heterocycles. The summed E-state index contributed by atoms with van der Waals surface area (Å²) in [7, 11) is 0. The largest absolute Gasteiger partial charge is 0.353 e. The molecule has 0 bridgehead atoms. The molecule has 164 valence electrons. The van der Waals surface area contributed by atoms with E-state index in [1.807, 2.05) is 30.0 Å². The molecule has 0 atom stereocenters. The minimum Gasteiger partial charge on any atom is -0.353 e. The van der Waals surface area contributed by atoms with Crippen molar-refractivity contribution in [1.82, 2.24) is 14.9 Å². The molecule has 1 fully saturated rings. The highest BCUT2D eigenvalue weighted by atomic mass is 16.2. The lowest BCUT2D eigenvalue weighted by Gasteiger charge is -2.35. The van der Waals surface area contributed by atoms with E-state index in [0.29, 0.717) is 13.1 Å². The second-order valence-corrected chi connectivity index (χ2v) is 9.01. The van der Waals surface area contributed by atoms with Crippen LogP contribution in [-0.2, 0) is 17.6 Å². The van der Waals surface area contributed by atoms with Crippen LogP contribution in [0.15, 0.2) is 24.3 Å². The monoisotopic (exact) mass is 420 g/mol. The van der Waals surface area contributed by atoms with Crippen molar-refractivity contribution in [3.63, 3.8) is 0 Å². The van der Waals surface area contributed by atoms with Gasteiger partial charge in [0.2, 0.25) is 5.91 Å². The first-order valence-electron chi connectivity index (χ1n) is 11.4. The number of hydrogen-bond donors (Lipinski definition) is 0. The summed E-state index contributed by atoms with van der Waals surface area (Å²) in [6, 6.07) is 8.04. The second kappa shape index (κ2) is 9.16. The first-order chi connectivity index (χ1) is 14.9. The summed E-state index contributed by atoms with van der Waals surface area (Å²) in [5, 5.41) is 0. The number of aromatic nitrogens is 2. The van der Waals surface area contributed by atoms with Gasteiger partial charge in [0.15, 0.2) is 5.78 Å². The van der Waals surface area contributed by atoms with Gasteiger partial charge in [-0.2, -0.15) is 0 Å². The fourth-order valence-electron chi connectivity index (χ4n) is 4.45. The van der Waals surface area contributed by atoms with Crippen molar-refractivity contribution in [2.24, 2.45) is 0 Å². The van der Waals surface area contributed by atoms with Crippen LogP contribution in [0.25, 0.3) is 0 Å². The Hall–Kier alpha value is -2.76. The van der Waals surface area contributed by atoms with E-state index in [0.717, 1.165) is 48.8 Å². The Morgan fingerprint density at radius 3 is 2.45 bits per heavy atom. The van der Waals surface area contributed by atoms with Gasteiger partial charge in [0.05, 0.1) is 0 Å². The van der Waals surface area contributed by atoms with Crippen molar-refractivity contribution in [2.75, 3.05) is 31.1 Å². The van der Waals surface area contributed by atoms with Crippen LogP contribution in [0.1, 0.15) is 72.0 Å². The van der Waals surface area contributed by atoms with Gasteiger partial charge in [-0.25, -0.2) is 9.97 Å². The van der Waals surface area contributed by atoms with E-state index in [-0.39, 0.29) is 30.4 Å². The van der Waals surface area contributed by atoms with E-state index in [2.05, 4.69) is 29.8 Å². The molecule has 1 aromatic heterocycles. The molecular formula is C25H32N4O2. The molecule has 1 amide bonds. The zero-order valence-corrected chi connectivity index (χ0v) is 18.9. The number of ketones is 1. The molecule has 31 heavy (non-hydrogen) atoms. The lowest BCUT2D eigenvalue weighted by atomic mass is 10.0. The van der Waals surface area contributed by atoms with E-state index < -0.39 is 0 Å². The Labute approximate surface area is 184 Å². The molecule has 1 aliphatic carbocycles. The molecule has 0 spiro atoms. The number of benzene rings is 1.